The Morgan fingerprint density at radius 3 is 2.81 bits per heavy atom. The summed E-state index contributed by atoms with van der Waals surface area (Å²) in [6.45, 7) is 4.98. The molecule has 2 unspecified atom stereocenters. The van der Waals surface area contributed by atoms with Crippen molar-refractivity contribution in [2.75, 3.05) is 13.1 Å². The molecule has 88 valence electrons. The van der Waals surface area contributed by atoms with E-state index in [1.54, 1.807) is 6.07 Å². The second-order valence-electron chi connectivity index (χ2n) is 4.62. The largest absolute Gasteiger partial charge is 0.506 e. The zero-order valence-electron chi connectivity index (χ0n) is 9.36. The Balaban J connectivity index is 2.02. The third kappa shape index (κ3) is 2.48. The van der Waals surface area contributed by atoms with Crippen LogP contribution in [0.25, 0.3) is 0 Å². The minimum atomic E-state index is 0.136. The van der Waals surface area contributed by atoms with E-state index in [1.165, 1.54) is 0 Å². The molecule has 0 bridgehead atoms. The van der Waals surface area contributed by atoms with E-state index in [1.807, 2.05) is 12.1 Å². The highest BCUT2D eigenvalue weighted by atomic mass is 35.5. The molecule has 3 nitrogen and oxygen atoms in total. The van der Waals surface area contributed by atoms with E-state index >= 15 is 0 Å². The highest BCUT2D eigenvalue weighted by Gasteiger charge is 2.26. The molecule has 1 fully saturated rings. The van der Waals surface area contributed by atoms with Crippen molar-refractivity contribution in [1.29, 1.82) is 0 Å². The summed E-state index contributed by atoms with van der Waals surface area (Å²) in [7, 11) is 0. The molecule has 0 amide bonds. The molecule has 0 aliphatic carbocycles. The number of likely N-dealkylation sites (tertiary alicyclic amines) is 1. The molecule has 0 spiro atoms. The lowest BCUT2D eigenvalue weighted by atomic mass is 10.1. The van der Waals surface area contributed by atoms with Crippen molar-refractivity contribution in [1.82, 2.24) is 4.90 Å². The van der Waals surface area contributed by atoms with E-state index < -0.39 is 0 Å². The molecule has 1 aliphatic rings. The highest BCUT2D eigenvalue weighted by molar-refractivity contribution is 6.32. The van der Waals surface area contributed by atoms with Crippen molar-refractivity contribution in [2.24, 2.45) is 11.7 Å². The van der Waals surface area contributed by atoms with Gasteiger partial charge in [-0.25, -0.2) is 0 Å². The summed E-state index contributed by atoms with van der Waals surface area (Å²) in [4.78, 5) is 2.32. The van der Waals surface area contributed by atoms with Crippen molar-refractivity contribution in [3.63, 3.8) is 0 Å². The van der Waals surface area contributed by atoms with Crippen LogP contribution in [0.2, 0.25) is 5.02 Å². The Bertz CT molecular complexity index is 373. The maximum Gasteiger partial charge on any atom is 0.134 e. The van der Waals surface area contributed by atoms with Gasteiger partial charge >= 0.3 is 0 Å². The number of hydrogen-bond donors (Lipinski definition) is 2. The zero-order chi connectivity index (χ0) is 11.7. The van der Waals surface area contributed by atoms with Crippen LogP contribution in [0.3, 0.4) is 0 Å². The number of nitrogens with two attached hydrogens (primary N) is 1. The zero-order valence-corrected chi connectivity index (χ0v) is 10.1. The lowest BCUT2D eigenvalue weighted by molar-refractivity contribution is 0.319. The number of hydrogen-bond acceptors (Lipinski definition) is 3. The van der Waals surface area contributed by atoms with Crippen LogP contribution in [0.1, 0.15) is 12.5 Å². The topological polar surface area (TPSA) is 49.5 Å². The van der Waals surface area contributed by atoms with Gasteiger partial charge in [-0.05, 0) is 23.6 Å². The Hall–Kier alpha value is -0.770. The third-order valence-corrected chi connectivity index (χ3v) is 3.47. The van der Waals surface area contributed by atoms with Gasteiger partial charge in [0.05, 0.1) is 5.02 Å². The van der Waals surface area contributed by atoms with Gasteiger partial charge in [0.15, 0.2) is 0 Å². The summed E-state index contributed by atoms with van der Waals surface area (Å²) in [5.41, 5.74) is 7.08. The minimum absolute atomic E-state index is 0.136. The van der Waals surface area contributed by atoms with E-state index in [0.717, 1.165) is 25.2 Å². The van der Waals surface area contributed by atoms with Gasteiger partial charge in [0.2, 0.25) is 0 Å². The van der Waals surface area contributed by atoms with E-state index in [2.05, 4.69) is 11.8 Å². The predicted molar refractivity (Wildman–Crippen MR) is 65.5 cm³/mol. The first-order valence-corrected chi connectivity index (χ1v) is 5.89. The van der Waals surface area contributed by atoms with Crippen LogP contribution in [-0.4, -0.2) is 29.1 Å². The van der Waals surface area contributed by atoms with E-state index in [9.17, 15) is 5.11 Å². The number of phenols is 1. The van der Waals surface area contributed by atoms with E-state index in [4.69, 9.17) is 17.3 Å². The average molecular weight is 241 g/mol. The summed E-state index contributed by atoms with van der Waals surface area (Å²) in [5.74, 6) is 0.685. The van der Waals surface area contributed by atoms with Crippen LogP contribution >= 0.6 is 11.6 Å². The highest BCUT2D eigenvalue weighted by Crippen LogP contribution is 2.25. The first-order chi connectivity index (χ1) is 7.56. The summed E-state index contributed by atoms with van der Waals surface area (Å²) >= 11 is 5.86. The van der Waals surface area contributed by atoms with Crippen molar-refractivity contribution < 1.29 is 5.11 Å². The van der Waals surface area contributed by atoms with E-state index in [0.29, 0.717) is 10.9 Å². The fraction of sp³-hybridized carbons (Fsp3) is 0.500. The number of aromatic hydroxyl groups is 1. The SMILES string of the molecule is CC1CN(Cc2ccc(O)c(Cl)c2)CC1N. The third-order valence-electron chi connectivity index (χ3n) is 3.16. The summed E-state index contributed by atoms with van der Waals surface area (Å²) in [5, 5.41) is 9.73. The van der Waals surface area contributed by atoms with Gasteiger partial charge in [0.25, 0.3) is 0 Å². The molecule has 1 aromatic rings. The molecule has 16 heavy (non-hydrogen) atoms. The molecule has 1 aromatic carbocycles. The van der Waals surface area contributed by atoms with Crippen molar-refractivity contribution in [2.45, 2.75) is 19.5 Å². The van der Waals surface area contributed by atoms with Gasteiger partial charge < -0.3 is 10.8 Å². The van der Waals surface area contributed by atoms with Crippen LogP contribution in [0, 0.1) is 5.92 Å². The molecule has 1 aliphatic heterocycles. The number of phenolic OH excluding ortho intramolecular Hbond substituents is 1. The number of halogens is 1. The fourth-order valence-corrected chi connectivity index (χ4v) is 2.33. The maximum atomic E-state index is 9.32. The second kappa shape index (κ2) is 4.62. The van der Waals surface area contributed by atoms with Gasteiger partial charge in [-0.1, -0.05) is 24.6 Å². The minimum Gasteiger partial charge on any atom is -0.506 e. The van der Waals surface area contributed by atoms with Crippen molar-refractivity contribution in [3.05, 3.63) is 28.8 Å². The molecule has 2 atom stereocenters. The fourth-order valence-electron chi connectivity index (χ4n) is 2.13. The Morgan fingerprint density at radius 2 is 2.25 bits per heavy atom. The standard InChI is InChI=1S/C12H17ClN2O/c1-8-5-15(7-11(8)14)6-9-2-3-12(16)10(13)4-9/h2-4,8,11,16H,5-7,14H2,1H3. The molecule has 1 saturated heterocycles. The number of nitrogens with zero attached hydrogens (tertiary/aromatic N) is 1. The average Bonchev–Trinajstić information content (AvgIpc) is 2.52. The normalized spacial score (nSPS) is 26.2. The quantitative estimate of drug-likeness (QED) is 0.829. The second-order valence-corrected chi connectivity index (χ2v) is 5.03. The predicted octanol–water partition coefficient (Wildman–Crippen LogP) is 1.82. The number of benzene rings is 1. The molecule has 4 heteroatoms. The lowest BCUT2D eigenvalue weighted by Gasteiger charge is -2.15. The summed E-state index contributed by atoms with van der Waals surface area (Å²) in [6.07, 6.45) is 0. The number of rotatable bonds is 2. The van der Waals surface area contributed by atoms with Crippen molar-refractivity contribution >= 4 is 11.6 Å². The van der Waals surface area contributed by atoms with Gasteiger partial charge in [-0.3, -0.25) is 4.90 Å². The van der Waals surface area contributed by atoms with Crippen LogP contribution in [0.4, 0.5) is 0 Å². The van der Waals surface area contributed by atoms with E-state index in [-0.39, 0.29) is 11.8 Å². The molecule has 3 N–H and O–H groups in total. The van der Waals surface area contributed by atoms with Crippen LogP contribution < -0.4 is 5.73 Å². The molecule has 0 aromatic heterocycles. The maximum absolute atomic E-state index is 9.32. The van der Waals surface area contributed by atoms with Gasteiger partial charge in [0, 0.05) is 25.7 Å². The molecule has 2 rings (SSSR count). The Labute approximate surface area is 101 Å². The molecular formula is C12H17ClN2O. The first-order valence-electron chi connectivity index (χ1n) is 5.51. The van der Waals surface area contributed by atoms with Crippen LogP contribution in [0.5, 0.6) is 5.75 Å². The molecule has 1 heterocycles. The van der Waals surface area contributed by atoms with Crippen LogP contribution in [-0.2, 0) is 6.54 Å². The smallest absolute Gasteiger partial charge is 0.134 e. The van der Waals surface area contributed by atoms with Gasteiger partial charge in [0.1, 0.15) is 5.75 Å². The Kier molecular flexibility index (Phi) is 3.38. The van der Waals surface area contributed by atoms with Gasteiger partial charge in [-0.2, -0.15) is 0 Å². The van der Waals surface area contributed by atoms with Crippen molar-refractivity contribution in [3.8, 4) is 5.75 Å². The molecule has 0 radical (unpaired) electrons. The summed E-state index contributed by atoms with van der Waals surface area (Å²) < 4.78 is 0. The van der Waals surface area contributed by atoms with Crippen LogP contribution in [0.15, 0.2) is 18.2 Å². The first kappa shape index (κ1) is 11.7. The lowest BCUT2D eigenvalue weighted by Crippen LogP contribution is -2.28. The monoisotopic (exact) mass is 240 g/mol. The molecule has 0 saturated carbocycles. The Morgan fingerprint density at radius 1 is 1.50 bits per heavy atom. The summed E-state index contributed by atoms with van der Waals surface area (Å²) in [6, 6.07) is 5.62. The molecular weight excluding hydrogens is 224 g/mol. The van der Waals surface area contributed by atoms with Gasteiger partial charge in [-0.15, -0.1) is 0 Å².